The summed E-state index contributed by atoms with van der Waals surface area (Å²) in [4.78, 5) is 35.3. The van der Waals surface area contributed by atoms with Gasteiger partial charge in [0.1, 0.15) is 0 Å². The largest absolute Gasteiger partial charge is 0.419 e. The maximum absolute atomic E-state index is 12.7. The van der Waals surface area contributed by atoms with Gasteiger partial charge in [0.25, 0.3) is 5.69 Å². The first-order valence-corrected chi connectivity index (χ1v) is 12.2. The van der Waals surface area contributed by atoms with Crippen LogP contribution in [0.1, 0.15) is 53.4 Å². The summed E-state index contributed by atoms with van der Waals surface area (Å²) in [6.07, 6.45) is 1.75. The first-order chi connectivity index (χ1) is 17.5. The first kappa shape index (κ1) is 22.3. The van der Waals surface area contributed by atoms with E-state index in [0.717, 1.165) is 6.42 Å². The molecule has 1 atom stereocenters. The van der Waals surface area contributed by atoms with Crippen molar-refractivity contribution in [3.05, 3.63) is 110 Å². The molecule has 0 saturated carbocycles. The molecule has 2 bridgehead atoms. The molecule has 3 aromatic carbocycles. The Bertz CT molecular complexity index is 1500. The summed E-state index contributed by atoms with van der Waals surface area (Å²) in [5.41, 5.74) is 6.09. The standard InChI is InChI=1S/C28H25N3O5/c32-26(10-5-13-30-24-12-11-18(31(34)35)15-25(24)36-28(30)33)29-16-17-14-23-19-6-1-3-8-21(19)27(17)22-9-4-2-7-20(22)23/h1-4,6-9,11-12,15,17,23,27H,5,10,13-14,16H2,(H,29,32). The Hall–Kier alpha value is -4.20. The van der Waals surface area contributed by atoms with Crippen molar-refractivity contribution in [2.45, 2.75) is 37.6 Å². The molecule has 0 aliphatic heterocycles. The van der Waals surface area contributed by atoms with Gasteiger partial charge in [0.2, 0.25) is 5.91 Å². The van der Waals surface area contributed by atoms with E-state index >= 15 is 0 Å². The number of rotatable bonds is 7. The quantitative estimate of drug-likeness (QED) is 0.303. The van der Waals surface area contributed by atoms with Crippen LogP contribution in [-0.2, 0) is 11.3 Å². The van der Waals surface area contributed by atoms with Crippen LogP contribution in [0.5, 0.6) is 0 Å². The van der Waals surface area contributed by atoms with Crippen molar-refractivity contribution >= 4 is 22.7 Å². The van der Waals surface area contributed by atoms with E-state index in [1.807, 2.05) is 0 Å². The minimum Gasteiger partial charge on any atom is -0.407 e. The third-order valence-corrected chi connectivity index (χ3v) is 7.63. The molecule has 36 heavy (non-hydrogen) atoms. The number of fused-ring (bicyclic) bond motifs is 2. The number of carbonyl (C=O) groups is 1. The van der Waals surface area contributed by atoms with Gasteiger partial charge in [0, 0.05) is 37.4 Å². The van der Waals surface area contributed by atoms with E-state index in [1.165, 1.54) is 45.0 Å². The van der Waals surface area contributed by atoms with Gasteiger partial charge in [-0.3, -0.25) is 19.5 Å². The molecule has 182 valence electrons. The number of nitro benzene ring substituents is 1. The average molecular weight is 484 g/mol. The molecule has 1 heterocycles. The predicted octanol–water partition coefficient (Wildman–Crippen LogP) is 4.70. The average Bonchev–Trinajstić information content (AvgIpc) is 3.21. The molecule has 1 aromatic heterocycles. The Labute approximate surface area is 206 Å². The number of aryl methyl sites for hydroxylation is 1. The van der Waals surface area contributed by atoms with Crippen LogP contribution in [0.3, 0.4) is 0 Å². The highest BCUT2D eigenvalue weighted by Crippen LogP contribution is 2.55. The summed E-state index contributed by atoms with van der Waals surface area (Å²) in [6.45, 7) is 0.910. The van der Waals surface area contributed by atoms with E-state index < -0.39 is 10.7 Å². The lowest BCUT2D eigenvalue weighted by Gasteiger charge is -2.45. The lowest BCUT2D eigenvalue weighted by Crippen LogP contribution is -2.39. The minimum absolute atomic E-state index is 0.0468. The maximum atomic E-state index is 12.7. The Morgan fingerprint density at radius 3 is 2.36 bits per heavy atom. The summed E-state index contributed by atoms with van der Waals surface area (Å²) in [5.74, 6) is 0.347. The first-order valence-electron chi connectivity index (χ1n) is 12.2. The highest BCUT2D eigenvalue weighted by atomic mass is 16.6. The van der Waals surface area contributed by atoms with Crippen molar-refractivity contribution in [1.82, 2.24) is 9.88 Å². The van der Waals surface area contributed by atoms with Crippen LogP contribution in [0.2, 0.25) is 0 Å². The number of amides is 1. The second-order valence-electron chi connectivity index (χ2n) is 9.62. The van der Waals surface area contributed by atoms with Crippen LogP contribution in [0.25, 0.3) is 11.1 Å². The topological polar surface area (TPSA) is 107 Å². The lowest BCUT2D eigenvalue weighted by atomic mass is 9.59. The normalized spacial score (nSPS) is 19.6. The van der Waals surface area contributed by atoms with Gasteiger partial charge >= 0.3 is 5.76 Å². The Morgan fingerprint density at radius 2 is 1.69 bits per heavy atom. The Morgan fingerprint density at radius 1 is 1.03 bits per heavy atom. The molecule has 1 amide bonds. The van der Waals surface area contributed by atoms with Crippen molar-refractivity contribution in [2.24, 2.45) is 5.92 Å². The minimum atomic E-state index is -0.582. The summed E-state index contributed by atoms with van der Waals surface area (Å²) in [5, 5.41) is 14.1. The van der Waals surface area contributed by atoms with Crippen molar-refractivity contribution in [3.8, 4) is 0 Å². The smallest absolute Gasteiger partial charge is 0.407 e. The fraction of sp³-hybridized carbons (Fsp3) is 0.286. The zero-order valence-electron chi connectivity index (χ0n) is 19.6. The van der Waals surface area contributed by atoms with Gasteiger partial charge in [0.05, 0.1) is 16.5 Å². The molecule has 7 rings (SSSR count). The number of oxazole rings is 1. The monoisotopic (exact) mass is 483 g/mol. The zero-order chi connectivity index (χ0) is 24.8. The van der Waals surface area contributed by atoms with Crippen LogP contribution in [0.4, 0.5) is 5.69 Å². The van der Waals surface area contributed by atoms with E-state index in [2.05, 4.69) is 53.8 Å². The fourth-order valence-corrected chi connectivity index (χ4v) is 6.07. The number of nitrogens with one attached hydrogen (secondary N) is 1. The summed E-state index contributed by atoms with van der Waals surface area (Å²) in [6, 6.07) is 21.4. The van der Waals surface area contributed by atoms with Crippen LogP contribution >= 0.6 is 0 Å². The van der Waals surface area contributed by atoms with Gasteiger partial charge in [-0.1, -0.05) is 48.5 Å². The number of nitro groups is 1. The molecule has 0 saturated heterocycles. The van der Waals surface area contributed by atoms with Crippen molar-refractivity contribution in [1.29, 1.82) is 0 Å². The van der Waals surface area contributed by atoms with Gasteiger partial charge in [-0.2, -0.15) is 0 Å². The van der Waals surface area contributed by atoms with Crippen molar-refractivity contribution < 1.29 is 14.1 Å². The molecule has 3 aliphatic rings. The van der Waals surface area contributed by atoms with E-state index in [4.69, 9.17) is 4.42 Å². The van der Waals surface area contributed by atoms with Gasteiger partial charge in [0.15, 0.2) is 5.58 Å². The third kappa shape index (κ3) is 3.69. The SMILES string of the molecule is O=C(CCCn1c(=O)oc2cc([N+](=O)[O-])ccc21)NCC1CC2c3ccccc3C1c1ccccc12. The second-order valence-corrected chi connectivity index (χ2v) is 9.62. The summed E-state index contributed by atoms with van der Waals surface area (Å²) < 4.78 is 6.58. The lowest BCUT2D eigenvalue weighted by molar-refractivity contribution is -0.384. The molecule has 1 N–H and O–H groups in total. The molecular formula is C28H25N3O5. The van der Waals surface area contributed by atoms with Crippen LogP contribution in [0.15, 0.2) is 75.9 Å². The maximum Gasteiger partial charge on any atom is 0.419 e. The molecule has 1 unspecified atom stereocenters. The summed E-state index contributed by atoms with van der Waals surface area (Å²) in [7, 11) is 0. The predicted molar refractivity (Wildman–Crippen MR) is 134 cm³/mol. The summed E-state index contributed by atoms with van der Waals surface area (Å²) >= 11 is 0. The van der Waals surface area contributed by atoms with Gasteiger partial charge in [-0.15, -0.1) is 0 Å². The fourth-order valence-electron chi connectivity index (χ4n) is 6.07. The number of carbonyl (C=O) groups excluding carboxylic acids is 1. The van der Waals surface area contributed by atoms with Crippen molar-refractivity contribution in [3.63, 3.8) is 0 Å². The van der Waals surface area contributed by atoms with Gasteiger partial charge in [-0.25, -0.2) is 4.79 Å². The molecule has 4 aromatic rings. The van der Waals surface area contributed by atoms with E-state index in [9.17, 15) is 19.7 Å². The van der Waals surface area contributed by atoms with Gasteiger partial charge in [-0.05, 0) is 47.1 Å². The molecule has 0 spiro atoms. The molecular weight excluding hydrogens is 458 g/mol. The number of benzene rings is 3. The molecule has 8 nitrogen and oxygen atoms in total. The van der Waals surface area contributed by atoms with Crippen LogP contribution < -0.4 is 11.1 Å². The van der Waals surface area contributed by atoms with Gasteiger partial charge < -0.3 is 9.73 Å². The second kappa shape index (κ2) is 8.78. The Balaban J connectivity index is 1.10. The number of hydrogen-bond acceptors (Lipinski definition) is 5. The molecule has 3 aliphatic carbocycles. The van der Waals surface area contributed by atoms with Crippen molar-refractivity contribution in [2.75, 3.05) is 6.54 Å². The zero-order valence-corrected chi connectivity index (χ0v) is 19.6. The van der Waals surface area contributed by atoms with E-state index in [1.54, 1.807) is 0 Å². The Kier molecular flexibility index (Phi) is 5.44. The highest BCUT2D eigenvalue weighted by Gasteiger charge is 2.42. The molecule has 0 fully saturated rings. The highest BCUT2D eigenvalue weighted by molar-refractivity contribution is 5.77. The molecule has 8 heteroatoms. The third-order valence-electron chi connectivity index (χ3n) is 7.63. The number of aromatic nitrogens is 1. The van der Waals surface area contributed by atoms with E-state index in [0.29, 0.717) is 36.9 Å². The van der Waals surface area contributed by atoms with Crippen LogP contribution in [-0.4, -0.2) is 21.9 Å². The number of nitrogens with zero attached hydrogens (tertiary/aromatic N) is 2. The van der Waals surface area contributed by atoms with Crippen LogP contribution in [0, 0.1) is 16.0 Å². The van der Waals surface area contributed by atoms with E-state index in [-0.39, 0.29) is 29.5 Å². The number of hydrogen-bond donors (Lipinski definition) is 1. The molecule has 0 radical (unpaired) electrons. The number of non-ortho nitro benzene ring substituents is 1.